The molecule has 28 heavy (non-hydrogen) atoms. The van der Waals surface area contributed by atoms with Gasteiger partial charge in [0.1, 0.15) is 0 Å². The molecule has 4 rings (SSSR count). The highest BCUT2D eigenvalue weighted by molar-refractivity contribution is 7.71. The van der Waals surface area contributed by atoms with Crippen molar-refractivity contribution in [3.8, 4) is 11.4 Å². The van der Waals surface area contributed by atoms with Gasteiger partial charge in [-0.3, -0.25) is 14.5 Å². The topological polar surface area (TPSA) is 38.9 Å². The lowest BCUT2D eigenvalue weighted by molar-refractivity contribution is 0.244. The Hall–Kier alpha value is -2.31. The van der Waals surface area contributed by atoms with Gasteiger partial charge in [0, 0.05) is 30.5 Å². The fourth-order valence-electron chi connectivity index (χ4n) is 3.47. The minimum atomic E-state index is 0.485. The molecule has 1 aliphatic rings. The summed E-state index contributed by atoms with van der Waals surface area (Å²) >= 11 is 5.78. The zero-order chi connectivity index (χ0) is 19.7. The van der Waals surface area contributed by atoms with Crippen LogP contribution < -0.4 is 0 Å². The first-order valence-electron chi connectivity index (χ1n) is 9.90. The quantitative estimate of drug-likeness (QED) is 0.528. The largest absolute Gasteiger partial charge is 0.297 e. The van der Waals surface area contributed by atoms with Crippen LogP contribution in [-0.4, -0.2) is 31.3 Å². The number of aromatic nitrogens is 4. The van der Waals surface area contributed by atoms with Crippen molar-refractivity contribution in [2.45, 2.75) is 51.9 Å². The molecule has 0 bridgehead atoms. The van der Waals surface area contributed by atoms with Crippen molar-refractivity contribution in [3.63, 3.8) is 0 Å². The van der Waals surface area contributed by atoms with Crippen molar-refractivity contribution in [3.05, 3.63) is 64.7 Å². The fraction of sp³-hybridized carbons (Fsp3) is 0.409. The molecular formula is C22H27N5S. The molecule has 0 aliphatic heterocycles. The predicted molar refractivity (Wildman–Crippen MR) is 115 cm³/mol. The Morgan fingerprint density at radius 1 is 1.11 bits per heavy atom. The van der Waals surface area contributed by atoms with E-state index < -0.39 is 0 Å². The van der Waals surface area contributed by atoms with Gasteiger partial charge in [0.25, 0.3) is 0 Å². The molecular weight excluding hydrogens is 366 g/mol. The van der Waals surface area contributed by atoms with Gasteiger partial charge in [-0.1, -0.05) is 38.1 Å². The maximum absolute atomic E-state index is 5.78. The van der Waals surface area contributed by atoms with E-state index >= 15 is 0 Å². The number of pyridine rings is 1. The van der Waals surface area contributed by atoms with Crippen LogP contribution >= 0.6 is 12.2 Å². The van der Waals surface area contributed by atoms with Gasteiger partial charge in [-0.25, -0.2) is 4.68 Å². The summed E-state index contributed by atoms with van der Waals surface area (Å²) in [7, 11) is 2.11. The maximum atomic E-state index is 5.78. The van der Waals surface area contributed by atoms with E-state index in [1.165, 1.54) is 24.0 Å². The molecule has 0 unspecified atom stereocenters. The summed E-state index contributed by atoms with van der Waals surface area (Å²) in [4.78, 5) is 6.38. The number of benzene rings is 1. The van der Waals surface area contributed by atoms with Gasteiger partial charge in [0.2, 0.25) is 0 Å². The molecule has 1 aliphatic carbocycles. The Morgan fingerprint density at radius 2 is 1.79 bits per heavy atom. The van der Waals surface area contributed by atoms with E-state index in [0.29, 0.717) is 18.6 Å². The highest BCUT2D eigenvalue weighted by atomic mass is 32.1. The number of hydrogen-bond donors (Lipinski definition) is 0. The summed E-state index contributed by atoms with van der Waals surface area (Å²) in [5.74, 6) is 1.51. The van der Waals surface area contributed by atoms with Crippen molar-refractivity contribution >= 4 is 12.2 Å². The van der Waals surface area contributed by atoms with Crippen LogP contribution in [0.4, 0.5) is 0 Å². The molecule has 6 heteroatoms. The van der Waals surface area contributed by atoms with Crippen LogP contribution in [0.15, 0.2) is 48.8 Å². The van der Waals surface area contributed by atoms with Gasteiger partial charge in [0.15, 0.2) is 10.6 Å². The second-order valence-electron chi connectivity index (χ2n) is 7.99. The molecule has 2 heterocycles. The molecule has 0 radical (unpaired) electrons. The maximum Gasteiger partial charge on any atom is 0.199 e. The van der Waals surface area contributed by atoms with Crippen LogP contribution in [0.3, 0.4) is 0 Å². The molecule has 0 N–H and O–H groups in total. The first-order chi connectivity index (χ1) is 13.5. The van der Waals surface area contributed by atoms with Crippen molar-refractivity contribution in [2.75, 3.05) is 7.05 Å². The molecule has 2 aromatic heterocycles. The minimum Gasteiger partial charge on any atom is -0.297 e. The van der Waals surface area contributed by atoms with Gasteiger partial charge in [0.05, 0.1) is 6.67 Å². The lowest BCUT2D eigenvalue weighted by Crippen LogP contribution is -2.22. The van der Waals surface area contributed by atoms with Crippen molar-refractivity contribution in [1.29, 1.82) is 0 Å². The summed E-state index contributed by atoms with van der Waals surface area (Å²) in [5, 5.41) is 4.87. The van der Waals surface area contributed by atoms with Crippen molar-refractivity contribution < 1.29 is 0 Å². The van der Waals surface area contributed by atoms with E-state index in [2.05, 4.69) is 59.6 Å². The van der Waals surface area contributed by atoms with Crippen LogP contribution in [0.1, 0.15) is 49.8 Å². The Balaban J connectivity index is 1.54. The van der Waals surface area contributed by atoms with Crippen LogP contribution in [0.25, 0.3) is 11.4 Å². The van der Waals surface area contributed by atoms with Crippen LogP contribution in [0, 0.1) is 4.77 Å². The number of hydrogen-bond acceptors (Lipinski definition) is 4. The first-order valence-corrected chi connectivity index (χ1v) is 10.3. The van der Waals surface area contributed by atoms with Gasteiger partial charge in [-0.05, 0) is 61.3 Å². The molecule has 1 aromatic carbocycles. The van der Waals surface area contributed by atoms with E-state index in [4.69, 9.17) is 17.3 Å². The van der Waals surface area contributed by atoms with E-state index in [9.17, 15) is 0 Å². The SMILES string of the molecule is CC(C)c1ccc(CN(C)Cn2nc(-c3ccncc3)n(C3CC3)c2=S)cc1. The van der Waals surface area contributed by atoms with Gasteiger partial charge < -0.3 is 0 Å². The summed E-state index contributed by atoms with van der Waals surface area (Å²) in [5.41, 5.74) is 3.74. The molecule has 3 aromatic rings. The number of nitrogens with zero attached hydrogens (tertiary/aromatic N) is 5. The minimum absolute atomic E-state index is 0.485. The molecule has 1 fully saturated rings. The molecule has 1 saturated carbocycles. The average Bonchev–Trinajstić information content (AvgIpc) is 3.47. The number of rotatable bonds is 7. The van der Waals surface area contributed by atoms with Crippen LogP contribution in [0.2, 0.25) is 0 Å². The average molecular weight is 394 g/mol. The summed E-state index contributed by atoms with van der Waals surface area (Å²) < 4.78 is 4.97. The Kier molecular flexibility index (Phi) is 5.42. The smallest absolute Gasteiger partial charge is 0.199 e. The predicted octanol–water partition coefficient (Wildman–Crippen LogP) is 5.02. The zero-order valence-corrected chi connectivity index (χ0v) is 17.6. The molecule has 146 valence electrons. The lowest BCUT2D eigenvalue weighted by atomic mass is 10.0. The molecule has 0 amide bonds. The highest BCUT2D eigenvalue weighted by Gasteiger charge is 2.29. The monoisotopic (exact) mass is 393 g/mol. The molecule has 0 spiro atoms. The van der Waals surface area contributed by atoms with E-state index in [1.807, 2.05) is 29.2 Å². The van der Waals surface area contributed by atoms with Crippen LogP contribution in [-0.2, 0) is 13.2 Å². The second-order valence-corrected chi connectivity index (χ2v) is 8.36. The normalized spacial score (nSPS) is 14.2. The third kappa shape index (κ3) is 4.08. The van der Waals surface area contributed by atoms with Crippen molar-refractivity contribution in [2.24, 2.45) is 0 Å². The summed E-state index contributed by atoms with van der Waals surface area (Å²) in [6, 6.07) is 13.4. The van der Waals surface area contributed by atoms with E-state index in [1.54, 1.807) is 0 Å². The third-order valence-electron chi connectivity index (χ3n) is 5.20. The zero-order valence-electron chi connectivity index (χ0n) is 16.7. The fourth-order valence-corrected chi connectivity index (χ4v) is 3.80. The summed E-state index contributed by atoms with van der Waals surface area (Å²) in [6.07, 6.45) is 5.97. The standard InChI is InChI=1S/C22H27N5S/c1-16(2)18-6-4-17(5-7-18)14-25(3)15-26-22(28)27(20-8-9-20)21(24-26)19-10-12-23-13-11-19/h4-7,10-13,16,20H,8-9,14-15H2,1-3H3. The molecule has 5 nitrogen and oxygen atoms in total. The van der Waals surface area contributed by atoms with Crippen molar-refractivity contribution in [1.82, 2.24) is 24.2 Å². The van der Waals surface area contributed by atoms with Gasteiger partial charge in [-0.15, -0.1) is 0 Å². The van der Waals surface area contributed by atoms with Crippen LogP contribution in [0.5, 0.6) is 0 Å². The molecule has 0 atom stereocenters. The third-order valence-corrected chi connectivity index (χ3v) is 5.60. The second kappa shape index (κ2) is 7.97. The van der Waals surface area contributed by atoms with E-state index in [-0.39, 0.29) is 0 Å². The summed E-state index contributed by atoms with van der Waals surface area (Å²) in [6.45, 7) is 5.97. The Bertz CT molecular complexity index is 984. The van der Waals surface area contributed by atoms with Gasteiger partial charge >= 0.3 is 0 Å². The Labute approximate surface area is 171 Å². The van der Waals surface area contributed by atoms with Gasteiger partial charge in [-0.2, -0.15) is 5.10 Å². The highest BCUT2D eigenvalue weighted by Crippen LogP contribution is 2.38. The Morgan fingerprint density at radius 3 is 2.39 bits per heavy atom. The van der Waals surface area contributed by atoms with E-state index in [0.717, 1.165) is 22.7 Å². The molecule has 0 saturated heterocycles. The lowest BCUT2D eigenvalue weighted by Gasteiger charge is -2.17. The first kappa shape index (κ1) is 19.0.